The van der Waals surface area contributed by atoms with Crippen LogP contribution in [0.4, 0.5) is 0 Å². The van der Waals surface area contributed by atoms with Crippen molar-refractivity contribution in [2.24, 2.45) is 0 Å². The number of carbonyl (C=O) groups excluding carboxylic acids is 1. The Bertz CT molecular complexity index is 815. The van der Waals surface area contributed by atoms with Crippen LogP contribution < -0.4 is 10.9 Å². The maximum Gasteiger partial charge on any atom is 0.262 e. The van der Waals surface area contributed by atoms with Gasteiger partial charge in [-0.05, 0) is 31.4 Å². The van der Waals surface area contributed by atoms with Crippen LogP contribution in [0.3, 0.4) is 0 Å². The third kappa shape index (κ3) is 4.65. The van der Waals surface area contributed by atoms with Gasteiger partial charge in [-0.25, -0.2) is 4.98 Å². The van der Waals surface area contributed by atoms with Gasteiger partial charge in [0.2, 0.25) is 5.91 Å². The van der Waals surface area contributed by atoms with Gasteiger partial charge in [-0.2, -0.15) is 0 Å². The number of aromatic nitrogens is 2. The standard InChI is InChI=1S/C19H25N3O3S/c1-25-12-6-11-22-18(24)15-9-4-5-10-16(15)21-19(22)26-13-17(23)20-14-7-2-3-8-14/h4-5,9-10,14H,2-3,6-8,11-13H2,1H3,(H,20,23). The second-order valence-electron chi connectivity index (χ2n) is 6.55. The van der Waals surface area contributed by atoms with Gasteiger partial charge in [0, 0.05) is 26.3 Å². The molecule has 0 radical (unpaired) electrons. The number of benzene rings is 1. The zero-order valence-electron chi connectivity index (χ0n) is 15.1. The van der Waals surface area contributed by atoms with Crippen LogP contribution in [-0.2, 0) is 16.1 Å². The fraction of sp³-hybridized carbons (Fsp3) is 0.526. The number of thioether (sulfide) groups is 1. The average Bonchev–Trinajstić information content (AvgIpc) is 3.15. The number of carbonyl (C=O) groups is 1. The van der Waals surface area contributed by atoms with E-state index in [4.69, 9.17) is 4.74 Å². The number of hydrogen-bond donors (Lipinski definition) is 1. The van der Waals surface area contributed by atoms with Crippen LogP contribution in [0.15, 0.2) is 34.2 Å². The minimum Gasteiger partial charge on any atom is -0.385 e. The first-order valence-electron chi connectivity index (χ1n) is 9.09. The fourth-order valence-electron chi connectivity index (χ4n) is 3.29. The van der Waals surface area contributed by atoms with E-state index in [9.17, 15) is 9.59 Å². The quantitative estimate of drug-likeness (QED) is 0.436. The number of nitrogens with one attached hydrogen (secondary N) is 1. The Morgan fingerprint density at radius 1 is 1.35 bits per heavy atom. The van der Waals surface area contributed by atoms with E-state index in [-0.39, 0.29) is 17.2 Å². The van der Waals surface area contributed by atoms with Crippen LogP contribution in [0.5, 0.6) is 0 Å². The molecule has 1 aliphatic carbocycles. The van der Waals surface area contributed by atoms with E-state index in [2.05, 4.69) is 10.3 Å². The van der Waals surface area contributed by atoms with E-state index >= 15 is 0 Å². The van der Waals surface area contributed by atoms with E-state index in [1.165, 1.54) is 24.6 Å². The third-order valence-electron chi connectivity index (χ3n) is 4.61. The molecule has 0 spiro atoms. The average molecular weight is 375 g/mol. The molecule has 1 fully saturated rings. The Hall–Kier alpha value is -1.86. The van der Waals surface area contributed by atoms with Crippen LogP contribution in [0.2, 0.25) is 0 Å². The molecule has 0 saturated heterocycles. The summed E-state index contributed by atoms with van der Waals surface area (Å²) < 4.78 is 6.76. The molecule has 26 heavy (non-hydrogen) atoms. The molecule has 1 heterocycles. The number of fused-ring (bicyclic) bond motifs is 1. The summed E-state index contributed by atoms with van der Waals surface area (Å²) in [7, 11) is 1.64. The van der Waals surface area contributed by atoms with E-state index in [1.807, 2.05) is 18.2 Å². The van der Waals surface area contributed by atoms with Crippen molar-refractivity contribution >= 4 is 28.6 Å². The first-order chi connectivity index (χ1) is 12.7. The second kappa shape index (κ2) is 9.19. The van der Waals surface area contributed by atoms with Crippen LogP contribution in [-0.4, -0.2) is 41.0 Å². The van der Waals surface area contributed by atoms with Crippen LogP contribution >= 0.6 is 11.8 Å². The van der Waals surface area contributed by atoms with Gasteiger partial charge in [-0.15, -0.1) is 0 Å². The predicted molar refractivity (Wildman–Crippen MR) is 104 cm³/mol. The van der Waals surface area contributed by atoms with E-state index in [1.54, 1.807) is 17.7 Å². The van der Waals surface area contributed by atoms with Gasteiger partial charge in [0.05, 0.1) is 16.7 Å². The summed E-state index contributed by atoms with van der Waals surface area (Å²) in [6, 6.07) is 7.63. The van der Waals surface area contributed by atoms with Crippen LogP contribution in [0.25, 0.3) is 10.9 Å². The summed E-state index contributed by atoms with van der Waals surface area (Å²) in [5.74, 6) is 0.277. The Morgan fingerprint density at radius 3 is 2.88 bits per heavy atom. The summed E-state index contributed by atoms with van der Waals surface area (Å²) in [6.07, 6.45) is 5.21. The lowest BCUT2D eigenvalue weighted by atomic mass is 10.2. The Balaban J connectivity index is 1.77. The largest absolute Gasteiger partial charge is 0.385 e. The Kier molecular flexibility index (Phi) is 6.68. The van der Waals surface area contributed by atoms with Crippen molar-refractivity contribution in [1.29, 1.82) is 0 Å². The van der Waals surface area contributed by atoms with Crippen molar-refractivity contribution < 1.29 is 9.53 Å². The molecule has 1 aliphatic rings. The number of ether oxygens (including phenoxy) is 1. The van der Waals surface area contributed by atoms with Crippen molar-refractivity contribution in [3.8, 4) is 0 Å². The Labute approximate surface area is 157 Å². The number of methoxy groups -OCH3 is 1. The van der Waals surface area contributed by atoms with Gasteiger partial charge in [-0.1, -0.05) is 36.7 Å². The Morgan fingerprint density at radius 2 is 2.12 bits per heavy atom. The highest BCUT2D eigenvalue weighted by Crippen LogP contribution is 2.20. The summed E-state index contributed by atoms with van der Waals surface area (Å²) >= 11 is 1.32. The topological polar surface area (TPSA) is 73.2 Å². The van der Waals surface area contributed by atoms with Gasteiger partial charge >= 0.3 is 0 Å². The van der Waals surface area contributed by atoms with E-state index in [0.717, 1.165) is 19.3 Å². The molecule has 2 aromatic rings. The van der Waals surface area contributed by atoms with Crippen molar-refractivity contribution in [2.45, 2.75) is 49.8 Å². The summed E-state index contributed by atoms with van der Waals surface area (Å²) in [5, 5.41) is 4.27. The summed E-state index contributed by atoms with van der Waals surface area (Å²) in [5.41, 5.74) is 0.601. The lowest BCUT2D eigenvalue weighted by molar-refractivity contribution is -0.119. The van der Waals surface area contributed by atoms with Crippen molar-refractivity contribution in [2.75, 3.05) is 19.5 Å². The molecule has 1 saturated carbocycles. The number of amides is 1. The molecular formula is C19H25N3O3S. The highest BCUT2D eigenvalue weighted by Gasteiger charge is 2.18. The minimum absolute atomic E-state index is 0.00718. The number of para-hydroxylation sites is 1. The molecule has 7 heteroatoms. The zero-order valence-corrected chi connectivity index (χ0v) is 15.9. The van der Waals surface area contributed by atoms with Crippen molar-refractivity contribution in [3.05, 3.63) is 34.6 Å². The first-order valence-corrected chi connectivity index (χ1v) is 10.1. The molecule has 3 rings (SSSR count). The van der Waals surface area contributed by atoms with Gasteiger partial charge in [0.1, 0.15) is 0 Å². The van der Waals surface area contributed by atoms with Crippen molar-refractivity contribution in [3.63, 3.8) is 0 Å². The molecule has 1 aromatic carbocycles. The highest BCUT2D eigenvalue weighted by molar-refractivity contribution is 7.99. The first kappa shape index (κ1) is 18.9. The molecule has 0 aliphatic heterocycles. The van der Waals surface area contributed by atoms with E-state index < -0.39 is 0 Å². The SMILES string of the molecule is COCCCn1c(SCC(=O)NC2CCCC2)nc2ccccc2c1=O. The zero-order chi connectivity index (χ0) is 18.4. The van der Waals surface area contributed by atoms with Crippen LogP contribution in [0.1, 0.15) is 32.1 Å². The molecule has 0 unspecified atom stereocenters. The van der Waals surface area contributed by atoms with Gasteiger partial charge in [0.25, 0.3) is 5.56 Å². The monoisotopic (exact) mass is 375 g/mol. The maximum atomic E-state index is 12.8. The van der Waals surface area contributed by atoms with Gasteiger partial charge in [-0.3, -0.25) is 14.2 Å². The number of rotatable bonds is 8. The number of nitrogens with zero attached hydrogens (tertiary/aromatic N) is 2. The summed E-state index contributed by atoms with van der Waals surface area (Å²) in [4.78, 5) is 29.7. The van der Waals surface area contributed by atoms with Gasteiger partial charge < -0.3 is 10.1 Å². The molecule has 0 bridgehead atoms. The smallest absolute Gasteiger partial charge is 0.262 e. The molecule has 1 aromatic heterocycles. The molecule has 140 valence electrons. The fourth-order valence-corrected chi connectivity index (χ4v) is 4.13. The number of hydrogen-bond acceptors (Lipinski definition) is 5. The molecule has 6 nitrogen and oxygen atoms in total. The molecule has 1 amide bonds. The maximum absolute atomic E-state index is 12.8. The summed E-state index contributed by atoms with van der Waals surface area (Å²) in [6.45, 7) is 1.10. The van der Waals surface area contributed by atoms with Crippen molar-refractivity contribution in [1.82, 2.24) is 14.9 Å². The molecule has 1 N–H and O–H groups in total. The third-order valence-corrected chi connectivity index (χ3v) is 5.59. The second-order valence-corrected chi connectivity index (χ2v) is 7.49. The molecule has 0 atom stereocenters. The predicted octanol–water partition coefficient (Wildman–Crippen LogP) is 2.58. The molecular weight excluding hydrogens is 350 g/mol. The lowest BCUT2D eigenvalue weighted by Crippen LogP contribution is -2.34. The van der Waals surface area contributed by atoms with Gasteiger partial charge in [0.15, 0.2) is 5.16 Å². The highest BCUT2D eigenvalue weighted by atomic mass is 32.2. The normalized spacial score (nSPS) is 14.8. The lowest BCUT2D eigenvalue weighted by Gasteiger charge is -2.14. The van der Waals surface area contributed by atoms with Crippen LogP contribution in [0, 0.1) is 0 Å². The minimum atomic E-state index is -0.0644. The van der Waals surface area contributed by atoms with E-state index in [0.29, 0.717) is 35.3 Å².